The summed E-state index contributed by atoms with van der Waals surface area (Å²) in [6.07, 6.45) is 3.46. The molecule has 1 aliphatic rings. The third kappa shape index (κ3) is 4.94. The van der Waals surface area contributed by atoms with Crippen LogP contribution in [-0.4, -0.2) is 43.0 Å². The molecule has 0 radical (unpaired) electrons. The first-order valence-corrected chi connectivity index (χ1v) is 7.58. The van der Waals surface area contributed by atoms with E-state index < -0.39 is 0 Å². The number of anilines is 1. The number of hydrogen-bond acceptors (Lipinski definition) is 3. The Morgan fingerprint density at radius 1 is 1.25 bits per heavy atom. The minimum absolute atomic E-state index is 0.0798. The van der Waals surface area contributed by atoms with Crippen LogP contribution in [0.2, 0.25) is 0 Å². The normalized spacial score (nSPS) is 17.1. The largest absolute Gasteiger partial charge is 0.325 e. The Kier molecular flexibility index (Phi) is 6.02. The zero-order valence-electron chi connectivity index (χ0n) is 12.3. The Balaban J connectivity index is 1.68. The fourth-order valence-corrected chi connectivity index (χ4v) is 2.57. The molecule has 4 heteroatoms. The Morgan fingerprint density at radius 3 is 2.60 bits per heavy atom. The van der Waals surface area contributed by atoms with Crippen LogP contribution in [0.4, 0.5) is 5.69 Å². The molecule has 1 aromatic carbocycles. The van der Waals surface area contributed by atoms with Crippen LogP contribution in [0.25, 0.3) is 0 Å². The number of amides is 1. The molecular formula is C16H25N3O. The van der Waals surface area contributed by atoms with Crippen LogP contribution >= 0.6 is 0 Å². The minimum atomic E-state index is 0.0798. The summed E-state index contributed by atoms with van der Waals surface area (Å²) >= 11 is 0. The molecular weight excluding hydrogens is 250 g/mol. The number of carbonyl (C=O) groups is 1. The van der Waals surface area contributed by atoms with Crippen molar-refractivity contribution < 1.29 is 4.79 Å². The smallest absolute Gasteiger partial charge is 0.238 e. The number of hydrogen-bond donors (Lipinski definition) is 2. The number of para-hydroxylation sites is 1. The Bertz CT molecular complexity index is 399. The monoisotopic (exact) mass is 275 g/mol. The van der Waals surface area contributed by atoms with E-state index in [-0.39, 0.29) is 5.91 Å². The molecule has 110 valence electrons. The third-order valence-corrected chi connectivity index (χ3v) is 3.70. The highest BCUT2D eigenvalue weighted by atomic mass is 16.2. The van der Waals surface area contributed by atoms with Gasteiger partial charge in [-0.1, -0.05) is 25.1 Å². The number of rotatable bonds is 6. The summed E-state index contributed by atoms with van der Waals surface area (Å²) in [5.74, 6) is 0.0798. The zero-order valence-corrected chi connectivity index (χ0v) is 12.3. The van der Waals surface area contributed by atoms with Gasteiger partial charge in [-0.05, 0) is 37.9 Å². The molecule has 0 spiro atoms. The predicted octanol–water partition coefficient (Wildman–Crippen LogP) is 2.09. The molecule has 20 heavy (non-hydrogen) atoms. The van der Waals surface area contributed by atoms with Crippen LogP contribution in [0.1, 0.15) is 26.2 Å². The van der Waals surface area contributed by atoms with E-state index in [1.165, 1.54) is 6.42 Å². The van der Waals surface area contributed by atoms with Crippen molar-refractivity contribution in [3.05, 3.63) is 30.3 Å². The molecule has 1 heterocycles. The fourth-order valence-electron chi connectivity index (χ4n) is 2.57. The van der Waals surface area contributed by atoms with Crippen LogP contribution in [-0.2, 0) is 4.79 Å². The molecule has 1 aliphatic heterocycles. The molecule has 2 N–H and O–H groups in total. The van der Waals surface area contributed by atoms with Crippen LogP contribution in [0.3, 0.4) is 0 Å². The summed E-state index contributed by atoms with van der Waals surface area (Å²) in [6.45, 7) is 5.79. The van der Waals surface area contributed by atoms with Crippen molar-refractivity contribution in [2.24, 2.45) is 0 Å². The second-order valence-electron chi connectivity index (χ2n) is 5.42. The van der Waals surface area contributed by atoms with Crippen LogP contribution in [0.5, 0.6) is 0 Å². The van der Waals surface area contributed by atoms with E-state index in [2.05, 4.69) is 22.5 Å². The number of carbonyl (C=O) groups excluding carboxylic acids is 1. The second kappa shape index (κ2) is 8.02. The van der Waals surface area contributed by atoms with Crippen molar-refractivity contribution in [2.75, 3.05) is 31.5 Å². The topological polar surface area (TPSA) is 44.4 Å². The lowest BCUT2D eigenvalue weighted by atomic mass is 10.0. The van der Waals surface area contributed by atoms with Gasteiger partial charge in [-0.15, -0.1) is 0 Å². The summed E-state index contributed by atoms with van der Waals surface area (Å²) in [4.78, 5) is 14.2. The molecule has 1 aromatic rings. The summed E-state index contributed by atoms with van der Waals surface area (Å²) in [5.41, 5.74) is 0.872. The van der Waals surface area contributed by atoms with E-state index in [9.17, 15) is 4.79 Å². The summed E-state index contributed by atoms with van der Waals surface area (Å²) in [5, 5.41) is 6.50. The van der Waals surface area contributed by atoms with E-state index in [0.29, 0.717) is 12.6 Å². The predicted molar refractivity (Wildman–Crippen MR) is 82.8 cm³/mol. The van der Waals surface area contributed by atoms with E-state index >= 15 is 0 Å². The molecule has 0 bridgehead atoms. The van der Waals surface area contributed by atoms with Crippen molar-refractivity contribution in [2.45, 2.75) is 32.2 Å². The Morgan fingerprint density at radius 2 is 1.95 bits per heavy atom. The van der Waals surface area contributed by atoms with Gasteiger partial charge in [-0.2, -0.15) is 0 Å². The van der Waals surface area contributed by atoms with Crippen LogP contribution < -0.4 is 10.6 Å². The summed E-state index contributed by atoms with van der Waals surface area (Å²) in [7, 11) is 0. The molecule has 4 nitrogen and oxygen atoms in total. The number of piperidine rings is 1. The maximum atomic E-state index is 12.0. The van der Waals surface area contributed by atoms with Gasteiger partial charge in [0.25, 0.3) is 0 Å². The highest BCUT2D eigenvalue weighted by Gasteiger charge is 2.20. The van der Waals surface area contributed by atoms with E-state index in [4.69, 9.17) is 0 Å². The fraction of sp³-hybridized carbons (Fsp3) is 0.562. The van der Waals surface area contributed by atoms with Gasteiger partial charge in [-0.3, -0.25) is 9.69 Å². The number of benzene rings is 1. The van der Waals surface area contributed by atoms with Gasteiger partial charge in [0.2, 0.25) is 5.91 Å². The highest BCUT2D eigenvalue weighted by Crippen LogP contribution is 2.11. The average Bonchev–Trinajstić information content (AvgIpc) is 2.47. The van der Waals surface area contributed by atoms with Crippen molar-refractivity contribution >= 4 is 11.6 Å². The summed E-state index contributed by atoms with van der Waals surface area (Å²) < 4.78 is 0. The van der Waals surface area contributed by atoms with Crippen LogP contribution in [0, 0.1) is 0 Å². The van der Waals surface area contributed by atoms with Gasteiger partial charge in [0, 0.05) is 24.8 Å². The lowest BCUT2D eigenvalue weighted by molar-refractivity contribution is -0.117. The average molecular weight is 275 g/mol. The number of nitrogens with zero attached hydrogens (tertiary/aromatic N) is 1. The van der Waals surface area contributed by atoms with Gasteiger partial charge in [0.15, 0.2) is 0 Å². The molecule has 0 unspecified atom stereocenters. The molecule has 1 amide bonds. The van der Waals surface area contributed by atoms with Crippen molar-refractivity contribution in [1.82, 2.24) is 10.2 Å². The van der Waals surface area contributed by atoms with Gasteiger partial charge in [-0.25, -0.2) is 0 Å². The molecule has 1 fully saturated rings. The van der Waals surface area contributed by atoms with Gasteiger partial charge in [0.1, 0.15) is 0 Å². The first-order chi connectivity index (χ1) is 9.78. The molecule has 2 rings (SSSR count). The van der Waals surface area contributed by atoms with Crippen LogP contribution in [0.15, 0.2) is 30.3 Å². The van der Waals surface area contributed by atoms with Gasteiger partial charge >= 0.3 is 0 Å². The lowest BCUT2D eigenvalue weighted by Gasteiger charge is -2.31. The quantitative estimate of drug-likeness (QED) is 0.835. The molecule has 0 atom stereocenters. The van der Waals surface area contributed by atoms with Gasteiger partial charge in [0.05, 0.1) is 6.54 Å². The van der Waals surface area contributed by atoms with Gasteiger partial charge < -0.3 is 10.6 Å². The first-order valence-electron chi connectivity index (χ1n) is 7.58. The standard InChI is InChI=1S/C16H25N3O/c1-2-10-17-14-8-11-19(12-9-14)13-16(20)18-15-6-4-3-5-7-15/h3-7,14,17H,2,8-13H2,1H3,(H,18,20). The van der Waals surface area contributed by atoms with E-state index in [1.807, 2.05) is 30.3 Å². The van der Waals surface area contributed by atoms with E-state index in [1.54, 1.807) is 0 Å². The maximum absolute atomic E-state index is 12.0. The van der Waals surface area contributed by atoms with Crippen molar-refractivity contribution in [1.29, 1.82) is 0 Å². The maximum Gasteiger partial charge on any atom is 0.238 e. The minimum Gasteiger partial charge on any atom is -0.325 e. The van der Waals surface area contributed by atoms with Crippen molar-refractivity contribution in [3.63, 3.8) is 0 Å². The SMILES string of the molecule is CCCNC1CCN(CC(=O)Nc2ccccc2)CC1. The highest BCUT2D eigenvalue weighted by molar-refractivity contribution is 5.92. The lowest BCUT2D eigenvalue weighted by Crippen LogP contribution is -2.45. The second-order valence-corrected chi connectivity index (χ2v) is 5.42. The molecule has 1 saturated heterocycles. The Hall–Kier alpha value is -1.39. The first kappa shape index (κ1) is 15.0. The Labute approximate surface area is 121 Å². The van der Waals surface area contributed by atoms with Crippen molar-refractivity contribution in [3.8, 4) is 0 Å². The third-order valence-electron chi connectivity index (χ3n) is 3.70. The summed E-state index contributed by atoms with van der Waals surface area (Å²) in [6, 6.07) is 10.3. The molecule has 0 aromatic heterocycles. The number of likely N-dealkylation sites (tertiary alicyclic amines) is 1. The zero-order chi connectivity index (χ0) is 14.2. The van der Waals surface area contributed by atoms with E-state index in [0.717, 1.165) is 38.2 Å². The molecule has 0 saturated carbocycles. The molecule has 0 aliphatic carbocycles. The number of nitrogens with one attached hydrogen (secondary N) is 2.